The molecule has 2 heterocycles. The van der Waals surface area contributed by atoms with Gasteiger partial charge >= 0.3 is 0 Å². The van der Waals surface area contributed by atoms with E-state index in [9.17, 15) is 4.79 Å². The first-order valence-electron chi connectivity index (χ1n) is 13.2. The van der Waals surface area contributed by atoms with Crippen LogP contribution in [0.2, 0.25) is 0 Å². The maximum absolute atomic E-state index is 12.7. The first kappa shape index (κ1) is 27.5. The number of nitrogens with one attached hydrogen (secondary N) is 2. The monoisotopic (exact) mass is 512 g/mol. The number of rotatable bonds is 9. The highest BCUT2D eigenvalue weighted by Crippen LogP contribution is 2.33. The van der Waals surface area contributed by atoms with E-state index in [-0.39, 0.29) is 11.2 Å². The van der Waals surface area contributed by atoms with E-state index >= 15 is 0 Å². The van der Waals surface area contributed by atoms with Crippen molar-refractivity contribution in [2.24, 2.45) is 0 Å². The van der Waals surface area contributed by atoms with Gasteiger partial charge in [-0.2, -0.15) is 0 Å². The predicted octanol–water partition coefficient (Wildman–Crippen LogP) is 5.97. The fraction of sp³-hybridized carbons (Fsp3) is 0.387. The Hall–Kier alpha value is -3.55. The third-order valence-corrected chi connectivity index (χ3v) is 7.08. The number of hydrogen-bond acceptors (Lipinski definition) is 7. The molecule has 0 fully saturated rings. The Morgan fingerprint density at radius 3 is 2.61 bits per heavy atom. The summed E-state index contributed by atoms with van der Waals surface area (Å²) in [6, 6.07) is 13.1. The van der Waals surface area contributed by atoms with E-state index in [1.54, 1.807) is 25.4 Å². The molecule has 1 atom stereocenters. The molecule has 0 saturated carbocycles. The lowest BCUT2D eigenvalue weighted by Crippen LogP contribution is -2.35. The summed E-state index contributed by atoms with van der Waals surface area (Å²) in [5, 5.41) is 5.40. The summed E-state index contributed by atoms with van der Waals surface area (Å²) in [6.07, 6.45) is 8.54. The van der Waals surface area contributed by atoms with Gasteiger partial charge in [0.15, 0.2) is 5.78 Å². The standard InChI is InChI=1S/C31H40N6O/c1-8-14-34-37(26-13-15-32-29(18-26)31(3,4)5)28-19-30(33-20-27(28)21(2)38)35-24-11-9-23-17-25(36(6)7)12-10-22(23)16-24/h8-9,11,13,15-16,18-20,25,34H,1,10,12,14,17H2,2-7H3,(H,33,35). The molecule has 0 aliphatic heterocycles. The van der Waals surface area contributed by atoms with Crippen LogP contribution >= 0.6 is 0 Å². The van der Waals surface area contributed by atoms with Crippen LogP contribution in [0.5, 0.6) is 0 Å². The Balaban J connectivity index is 1.69. The Bertz CT molecular complexity index is 1310. The van der Waals surface area contributed by atoms with Gasteiger partial charge in [-0.3, -0.25) is 14.8 Å². The van der Waals surface area contributed by atoms with Gasteiger partial charge in [0, 0.05) is 47.8 Å². The molecule has 4 rings (SSSR count). The van der Waals surface area contributed by atoms with Crippen LogP contribution in [0.4, 0.5) is 22.9 Å². The summed E-state index contributed by atoms with van der Waals surface area (Å²) in [7, 11) is 4.31. The number of aromatic nitrogens is 2. The predicted molar refractivity (Wildman–Crippen MR) is 157 cm³/mol. The minimum absolute atomic E-state index is 0.0567. The normalized spacial score (nSPS) is 15.2. The number of pyridine rings is 2. The smallest absolute Gasteiger partial charge is 0.163 e. The fourth-order valence-electron chi connectivity index (χ4n) is 4.81. The van der Waals surface area contributed by atoms with Crippen molar-refractivity contribution in [1.29, 1.82) is 0 Å². The molecule has 3 aromatic rings. The summed E-state index contributed by atoms with van der Waals surface area (Å²) in [5.74, 6) is 0.612. The molecule has 0 spiro atoms. The van der Waals surface area contributed by atoms with Gasteiger partial charge in [-0.15, -0.1) is 6.58 Å². The van der Waals surface area contributed by atoms with Crippen molar-refractivity contribution in [2.75, 3.05) is 31.0 Å². The Labute approximate surface area is 227 Å². The average Bonchev–Trinajstić information content (AvgIpc) is 2.88. The number of Topliss-reactive ketones (excluding diaryl/α,β-unsaturated/α-hetero) is 1. The number of carbonyl (C=O) groups is 1. The topological polar surface area (TPSA) is 73.4 Å². The van der Waals surface area contributed by atoms with Crippen molar-refractivity contribution in [3.63, 3.8) is 0 Å². The van der Waals surface area contributed by atoms with Gasteiger partial charge in [0.05, 0.1) is 16.9 Å². The minimum Gasteiger partial charge on any atom is -0.340 e. The second-order valence-electron chi connectivity index (χ2n) is 11.2. The van der Waals surface area contributed by atoms with E-state index in [0.29, 0.717) is 24.0 Å². The van der Waals surface area contributed by atoms with Crippen LogP contribution in [0.15, 0.2) is 61.4 Å². The zero-order valence-corrected chi connectivity index (χ0v) is 23.5. The van der Waals surface area contributed by atoms with Crippen molar-refractivity contribution >= 4 is 28.7 Å². The lowest BCUT2D eigenvalue weighted by molar-refractivity contribution is 0.101. The SMILES string of the molecule is C=CCNN(c1ccnc(C(C)(C)C)c1)c1cc(Nc2ccc3c(c2)CCC(N(C)C)C3)ncc1C(C)=O. The molecule has 1 aliphatic carbocycles. The number of carbonyl (C=O) groups excluding carboxylic acids is 1. The number of likely N-dealkylation sites (N-methyl/N-ethyl adjacent to an activating group) is 1. The van der Waals surface area contributed by atoms with E-state index in [1.807, 2.05) is 17.1 Å². The highest BCUT2D eigenvalue weighted by molar-refractivity contribution is 6.00. The summed E-state index contributed by atoms with van der Waals surface area (Å²) in [4.78, 5) is 24.1. The molecule has 1 aromatic carbocycles. The van der Waals surface area contributed by atoms with Crippen LogP contribution in [0.25, 0.3) is 0 Å². The number of nitrogens with zero attached hydrogens (tertiary/aromatic N) is 4. The number of ketones is 1. The highest BCUT2D eigenvalue weighted by atomic mass is 16.1. The van der Waals surface area contributed by atoms with Crippen LogP contribution in [0.1, 0.15) is 61.3 Å². The molecule has 0 saturated heterocycles. The molecule has 200 valence electrons. The summed E-state index contributed by atoms with van der Waals surface area (Å²) < 4.78 is 0. The number of fused-ring (bicyclic) bond motifs is 1. The first-order valence-corrected chi connectivity index (χ1v) is 13.2. The number of hydrazine groups is 1. The van der Waals surface area contributed by atoms with Crippen molar-refractivity contribution in [3.05, 3.63) is 83.8 Å². The molecule has 1 unspecified atom stereocenters. The summed E-state index contributed by atoms with van der Waals surface area (Å²) >= 11 is 0. The molecule has 7 nitrogen and oxygen atoms in total. The molecular formula is C31H40N6O. The number of anilines is 4. The van der Waals surface area contributed by atoms with Crippen molar-refractivity contribution in [3.8, 4) is 0 Å². The molecule has 0 radical (unpaired) electrons. The largest absolute Gasteiger partial charge is 0.340 e. The van der Waals surface area contributed by atoms with Gasteiger partial charge in [0.25, 0.3) is 0 Å². The van der Waals surface area contributed by atoms with Crippen LogP contribution in [0, 0.1) is 0 Å². The highest BCUT2D eigenvalue weighted by Gasteiger charge is 2.22. The minimum atomic E-state index is -0.118. The molecule has 0 bridgehead atoms. The first-order chi connectivity index (χ1) is 18.1. The van der Waals surface area contributed by atoms with Gasteiger partial charge in [-0.1, -0.05) is 32.9 Å². The summed E-state index contributed by atoms with van der Waals surface area (Å²) in [6.45, 7) is 12.4. The molecular weight excluding hydrogens is 472 g/mol. The zero-order valence-electron chi connectivity index (χ0n) is 23.5. The fourth-order valence-corrected chi connectivity index (χ4v) is 4.81. The van der Waals surface area contributed by atoms with Gasteiger partial charge < -0.3 is 10.2 Å². The molecule has 1 aliphatic rings. The van der Waals surface area contributed by atoms with E-state index in [2.05, 4.69) is 91.3 Å². The summed E-state index contributed by atoms with van der Waals surface area (Å²) in [5.41, 5.74) is 10.2. The second-order valence-corrected chi connectivity index (χ2v) is 11.2. The molecule has 0 amide bonds. The lowest BCUT2D eigenvalue weighted by Gasteiger charge is -2.30. The van der Waals surface area contributed by atoms with Gasteiger partial charge in [0.1, 0.15) is 5.82 Å². The van der Waals surface area contributed by atoms with Crippen molar-refractivity contribution < 1.29 is 4.79 Å². The lowest BCUT2D eigenvalue weighted by atomic mass is 9.87. The molecule has 38 heavy (non-hydrogen) atoms. The molecule has 2 aromatic heterocycles. The van der Waals surface area contributed by atoms with Crippen LogP contribution in [0.3, 0.4) is 0 Å². The third-order valence-electron chi connectivity index (χ3n) is 7.08. The van der Waals surface area contributed by atoms with Crippen LogP contribution in [-0.4, -0.2) is 47.3 Å². The van der Waals surface area contributed by atoms with Gasteiger partial charge in [0.2, 0.25) is 0 Å². The average molecular weight is 513 g/mol. The van der Waals surface area contributed by atoms with Gasteiger partial charge in [-0.25, -0.2) is 10.4 Å². The Kier molecular flexibility index (Phi) is 8.29. The maximum Gasteiger partial charge on any atom is 0.163 e. The van der Waals surface area contributed by atoms with Gasteiger partial charge in [-0.05, 0) is 75.7 Å². The number of hydrogen-bond donors (Lipinski definition) is 2. The third kappa shape index (κ3) is 6.29. The zero-order chi connectivity index (χ0) is 27.4. The number of aryl methyl sites for hydroxylation is 1. The Morgan fingerprint density at radius 1 is 1.13 bits per heavy atom. The number of benzene rings is 1. The van der Waals surface area contributed by atoms with Crippen LogP contribution in [-0.2, 0) is 18.3 Å². The van der Waals surface area contributed by atoms with E-state index in [4.69, 9.17) is 0 Å². The van der Waals surface area contributed by atoms with E-state index in [0.717, 1.165) is 42.0 Å². The molecule has 7 heteroatoms. The maximum atomic E-state index is 12.7. The van der Waals surface area contributed by atoms with E-state index < -0.39 is 0 Å². The van der Waals surface area contributed by atoms with Crippen LogP contribution < -0.4 is 15.8 Å². The second kappa shape index (κ2) is 11.5. The van der Waals surface area contributed by atoms with E-state index in [1.165, 1.54) is 11.1 Å². The molecule has 2 N–H and O–H groups in total. The van der Waals surface area contributed by atoms with Crippen molar-refractivity contribution in [1.82, 2.24) is 20.3 Å². The van der Waals surface area contributed by atoms with Crippen molar-refractivity contribution in [2.45, 2.75) is 58.4 Å². The quantitative estimate of drug-likeness (QED) is 0.208. The Morgan fingerprint density at radius 2 is 1.92 bits per heavy atom.